The molecule has 0 N–H and O–H groups in total. The van der Waals surface area contributed by atoms with E-state index in [9.17, 15) is 4.79 Å². The van der Waals surface area contributed by atoms with Crippen LogP contribution in [0.3, 0.4) is 0 Å². The smallest absolute Gasteiger partial charge is 0.361 e. The fourth-order valence-electron chi connectivity index (χ4n) is 2.72. The fraction of sp³-hybridized carbons (Fsp3) is 0.947. The Morgan fingerprint density at radius 3 is 1.77 bits per heavy atom. The highest BCUT2D eigenvalue weighted by atomic mass is 16.5. The summed E-state index contributed by atoms with van der Waals surface area (Å²) in [5, 5.41) is 0. The quantitative estimate of drug-likeness (QED) is 0.243. The van der Waals surface area contributed by atoms with Gasteiger partial charge in [0.25, 0.3) is 0 Å². The Labute approximate surface area is 139 Å². The molecule has 0 amide bonds. The highest BCUT2D eigenvalue weighted by Gasteiger charge is 2.20. The van der Waals surface area contributed by atoms with Crippen molar-refractivity contribution in [2.24, 2.45) is 0 Å². The predicted octanol–water partition coefficient (Wildman–Crippen LogP) is 4.94. The van der Waals surface area contributed by atoms with E-state index in [1.807, 2.05) is 6.92 Å². The van der Waals surface area contributed by atoms with Gasteiger partial charge in [-0.1, -0.05) is 65.2 Å². The second-order valence-corrected chi connectivity index (χ2v) is 7.22. The molecule has 3 nitrogen and oxygen atoms in total. The summed E-state index contributed by atoms with van der Waals surface area (Å²) in [5.41, 5.74) is 0. The van der Waals surface area contributed by atoms with Crippen molar-refractivity contribution in [3.63, 3.8) is 0 Å². The van der Waals surface area contributed by atoms with Crippen molar-refractivity contribution < 1.29 is 14.0 Å². The minimum absolute atomic E-state index is 0.0565. The summed E-state index contributed by atoms with van der Waals surface area (Å²) in [6.45, 7) is 6.41. The molecule has 0 unspecified atom stereocenters. The molecular weight excluding hydrogens is 274 g/mol. The molecule has 0 aromatic rings. The van der Waals surface area contributed by atoms with Crippen molar-refractivity contribution in [2.45, 2.75) is 84.5 Å². The third-order valence-corrected chi connectivity index (χ3v) is 4.14. The van der Waals surface area contributed by atoms with Crippen LogP contribution < -0.4 is 0 Å². The topological polar surface area (TPSA) is 26.3 Å². The van der Waals surface area contributed by atoms with E-state index in [4.69, 9.17) is 4.74 Å². The molecule has 0 aliphatic rings. The van der Waals surface area contributed by atoms with Crippen LogP contribution in [0.2, 0.25) is 0 Å². The van der Waals surface area contributed by atoms with Crippen molar-refractivity contribution in [1.29, 1.82) is 0 Å². The van der Waals surface area contributed by atoms with Crippen molar-refractivity contribution >= 4 is 5.97 Å². The van der Waals surface area contributed by atoms with Gasteiger partial charge < -0.3 is 9.22 Å². The Hall–Kier alpha value is -0.570. The number of hydrogen-bond donors (Lipinski definition) is 0. The average Bonchev–Trinajstić information content (AvgIpc) is 2.46. The second kappa shape index (κ2) is 14.0. The van der Waals surface area contributed by atoms with Gasteiger partial charge in [-0.25, -0.2) is 4.79 Å². The first-order chi connectivity index (χ1) is 10.5. The number of hydrogen-bond acceptors (Lipinski definition) is 2. The molecule has 0 spiro atoms. The summed E-state index contributed by atoms with van der Waals surface area (Å²) in [5.74, 6) is -0.0565. The minimum atomic E-state index is -0.0565. The Morgan fingerprint density at radius 1 is 0.773 bits per heavy atom. The van der Waals surface area contributed by atoms with Crippen molar-refractivity contribution in [3.8, 4) is 0 Å². The van der Waals surface area contributed by atoms with Crippen molar-refractivity contribution in [3.05, 3.63) is 0 Å². The van der Waals surface area contributed by atoms with Gasteiger partial charge in [-0.05, 0) is 19.3 Å². The van der Waals surface area contributed by atoms with Crippen LogP contribution in [-0.4, -0.2) is 44.2 Å². The third kappa shape index (κ3) is 14.4. The number of ether oxygens (including phenoxy) is 1. The van der Waals surface area contributed by atoms with E-state index in [2.05, 4.69) is 21.0 Å². The fourth-order valence-corrected chi connectivity index (χ4v) is 2.72. The lowest BCUT2D eigenvalue weighted by molar-refractivity contribution is -0.883. The van der Waals surface area contributed by atoms with Gasteiger partial charge in [0.05, 0.1) is 27.2 Å². The summed E-state index contributed by atoms with van der Waals surface area (Å²) in [7, 11) is 4.25. The Kier molecular flexibility index (Phi) is 13.7. The molecule has 0 atom stereocenters. The van der Waals surface area contributed by atoms with Gasteiger partial charge in [-0.3, -0.25) is 0 Å². The molecule has 0 rings (SSSR count). The van der Waals surface area contributed by atoms with Gasteiger partial charge in [0.1, 0.15) is 0 Å². The standard InChI is InChI=1S/C19H40NO2/c1-5-7-8-9-10-11-12-13-14-15-16-20(3,4)18-19(21)22-17-6-2/h5-18H2,1-4H3/q+1. The van der Waals surface area contributed by atoms with Crippen molar-refractivity contribution in [2.75, 3.05) is 33.8 Å². The van der Waals surface area contributed by atoms with Crippen LogP contribution in [0.15, 0.2) is 0 Å². The van der Waals surface area contributed by atoms with E-state index in [0.717, 1.165) is 17.4 Å². The van der Waals surface area contributed by atoms with Gasteiger partial charge in [0, 0.05) is 0 Å². The van der Waals surface area contributed by atoms with Gasteiger partial charge in [-0.2, -0.15) is 0 Å². The largest absolute Gasteiger partial charge is 0.462 e. The molecule has 0 bridgehead atoms. The molecule has 3 heteroatoms. The lowest BCUT2D eigenvalue weighted by atomic mass is 10.1. The number of carbonyl (C=O) groups is 1. The molecule has 0 saturated heterocycles. The van der Waals surface area contributed by atoms with Crippen LogP contribution in [0.25, 0.3) is 0 Å². The summed E-state index contributed by atoms with van der Waals surface area (Å²) < 4.78 is 5.92. The average molecular weight is 315 g/mol. The molecular formula is C19H40NO2+. The Bertz CT molecular complexity index is 264. The van der Waals surface area contributed by atoms with Crippen LogP contribution in [0, 0.1) is 0 Å². The zero-order valence-corrected chi connectivity index (χ0v) is 15.7. The number of carbonyl (C=O) groups excluding carboxylic acids is 1. The van der Waals surface area contributed by atoms with Crippen LogP contribution in [0.1, 0.15) is 84.5 Å². The maximum absolute atomic E-state index is 11.7. The van der Waals surface area contributed by atoms with E-state index in [-0.39, 0.29) is 5.97 Å². The molecule has 0 aliphatic heterocycles. The first kappa shape index (κ1) is 21.4. The van der Waals surface area contributed by atoms with Crippen LogP contribution in [0.4, 0.5) is 0 Å². The monoisotopic (exact) mass is 314 g/mol. The minimum Gasteiger partial charge on any atom is -0.462 e. The molecule has 0 saturated carbocycles. The van der Waals surface area contributed by atoms with E-state index in [0.29, 0.717) is 13.2 Å². The summed E-state index contributed by atoms with van der Waals surface area (Å²) >= 11 is 0. The molecule has 0 aliphatic carbocycles. The lowest BCUT2D eigenvalue weighted by Crippen LogP contribution is -2.45. The number of quaternary nitrogens is 1. The predicted molar refractivity (Wildman–Crippen MR) is 94.9 cm³/mol. The number of rotatable bonds is 15. The number of nitrogens with zero attached hydrogens (tertiary/aromatic N) is 1. The van der Waals surface area contributed by atoms with Gasteiger partial charge in [0.2, 0.25) is 0 Å². The molecule has 0 radical (unpaired) electrons. The van der Waals surface area contributed by atoms with E-state index in [1.165, 1.54) is 64.2 Å². The SMILES string of the molecule is CCCCCCCCCCCC[N+](C)(C)CC(=O)OCCC. The third-order valence-electron chi connectivity index (χ3n) is 4.14. The van der Waals surface area contributed by atoms with E-state index >= 15 is 0 Å². The maximum atomic E-state index is 11.7. The highest BCUT2D eigenvalue weighted by molar-refractivity contribution is 5.70. The van der Waals surface area contributed by atoms with Crippen molar-refractivity contribution in [1.82, 2.24) is 0 Å². The van der Waals surface area contributed by atoms with Crippen LogP contribution in [-0.2, 0) is 9.53 Å². The summed E-state index contributed by atoms with van der Waals surface area (Å²) in [4.78, 5) is 11.7. The molecule has 22 heavy (non-hydrogen) atoms. The van der Waals surface area contributed by atoms with Gasteiger partial charge in [0.15, 0.2) is 6.54 Å². The first-order valence-electron chi connectivity index (χ1n) is 9.49. The maximum Gasteiger partial charge on any atom is 0.361 e. The number of unbranched alkanes of at least 4 members (excludes halogenated alkanes) is 9. The van der Waals surface area contributed by atoms with Gasteiger partial charge >= 0.3 is 5.97 Å². The zero-order valence-electron chi connectivity index (χ0n) is 15.7. The first-order valence-corrected chi connectivity index (χ1v) is 9.49. The van der Waals surface area contributed by atoms with Crippen LogP contribution in [0.5, 0.6) is 0 Å². The normalized spacial score (nSPS) is 11.6. The van der Waals surface area contributed by atoms with E-state index < -0.39 is 0 Å². The van der Waals surface area contributed by atoms with Gasteiger partial charge in [-0.15, -0.1) is 0 Å². The zero-order chi connectivity index (χ0) is 16.7. The van der Waals surface area contributed by atoms with E-state index in [1.54, 1.807) is 0 Å². The summed E-state index contributed by atoms with van der Waals surface area (Å²) in [6.07, 6.45) is 14.5. The highest BCUT2D eigenvalue weighted by Crippen LogP contribution is 2.11. The lowest BCUT2D eigenvalue weighted by Gasteiger charge is -2.28. The number of likely N-dealkylation sites (N-methyl/N-ethyl adjacent to an activating group) is 1. The molecule has 0 fully saturated rings. The Morgan fingerprint density at radius 2 is 1.27 bits per heavy atom. The molecule has 0 aromatic carbocycles. The van der Waals surface area contributed by atoms with Crippen LogP contribution >= 0.6 is 0 Å². The summed E-state index contributed by atoms with van der Waals surface area (Å²) in [6, 6.07) is 0. The Balaban J connectivity index is 3.46. The molecule has 132 valence electrons. The molecule has 0 heterocycles. The molecule has 0 aromatic heterocycles. The number of esters is 1. The second-order valence-electron chi connectivity index (χ2n) is 7.22.